The van der Waals surface area contributed by atoms with E-state index in [1.54, 1.807) is 24.0 Å². The number of H-pyrrole nitrogens is 1. The van der Waals surface area contributed by atoms with Gasteiger partial charge in [-0.2, -0.15) is 0 Å². The average Bonchev–Trinajstić information content (AvgIpc) is 3.22. The van der Waals surface area contributed by atoms with Crippen LogP contribution in [0.2, 0.25) is 5.02 Å². The van der Waals surface area contributed by atoms with Gasteiger partial charge in [0.25, 0.3) is 0 Å². The Kier molecular flexibility index (Phi) is 9.20. The SMILES string of the molecule is CCCC=CC(Cc1ccccc1Cl)Sc1ncc(C=C(Cc2ccccc2)C(=O)O)[nH]1. The third-order valence-electron chi connectivity index (χ3n) is 4.86. The summed E-state index contributed by atoms with van der Waals surface area (Å²) in [4.78, 5) is 19.5. The number of aromatic amines is 1. The largest absolute Gasteiger partial charge is 0.478 e. The molecule has 1 heterocycles. The van der Waals surface area contributed by atoms with Crippen molar-refractivity contribution >= 4 is 35.4 Å². The van der Waals surface area contributed by atoms with Crippen molar-refractivity contribution in [3.63, 3.8) is 0 Å². The van der Waals surface area contributed by atoms with Gasteiger partial charge in [0.15, 0.2) is 5.16 Å². The van der Waals surface area contributed by atoms with Crippen molar-refractivity contribution in [1.29, 1.82) is 0 Å². The molecule has 0 spiro atoms. The highest BCUT2D eigenvalue weighted by Gasteiger charge is 2.14. The number of benzene rings is 2. The van der Waals surface area contributed by atoms with Gasteiger partial charge in [-0.1, -0.05) is 97.4 Å². The lowest BCUT2D eigenvalue weighted by molar-refractivity contribution is -0.132. The first-order valence-corrected chi connectivity index (χ1v) is 11.9. The zero-order chi connectivity index (χ0) is 22.8. The Morgan fingerprint density at radius 1 is 1.19 bits per heavy atom. The minimum Gasteiger partial charge on any atom is -0.478 e. The van der Waals surface area contributed by atoms with Crippen molar-refractivity contribution in [2.24, 2.45) is 0 Å². The van der Waals surface area contributed by atoms with Gasteiger partial charge < -0.3 is 10.1 Å². The number of carbonyl (C=O) groups is 1. The molecule has 0 saturated carbocycles. The van der Waals surface area contributed by atoms with Crippen molar-refractivity contribution in [2.45, 2.75) is 43.0 Å². The fourth-order valence-electron chi connectivity index (χ4n) is 3.23. The van der Waals surface area contributed by atoms with Crippen LogP contribution in [-0.2, 0) is 17.6 Å². The highest BCUT2D eigenvalue weighted by molar-refractivity contribution is 7.99. The average molecular weight is 467 g/mol. The first-order valence-electron chi connectivity index (χ1n) is 10.6. The molecule has 2 aromatic carbocycles. The number of imidazole rings is 1. The Bertz CT molecular complexity index is 1080. The molecule has 0 amide bonds. The molecule has 1 aromatic heterocycles. The number of nitrogens with one attached hydrogen (secondary N) is 1. The molecule has 2 N–H and O–H groups in total. The molecule has 1 unspecified atom stereocenters. The molecular weight excluding hydrogens is 440 g/mol. The van der Waals surface area contributed by atoms with E-state index in [1.165, 1.54) is 0 Å². The number of rotatable bonds is 11. The summed E-state index contributed by atoms with van der Waals surface area (Å²) in [6.45, 7) is 2.15. The zero-order valence-corrected chi connectivity index (χ0v) is 19.6. The fourth-order valence-corrected chi connectivity index (χ4v) is 4.47. The van der Waals surface area contributed by atoms with Crippen molar-refractivity contribution in [2.75, 3.05) is 0 Å². The summed E-state index contributed by atoms with van der Waals surface area (Å²) in [6.07, 6.45) is 11.0. The van der Waals surface area contributed by atoms with Crippen molar-refractivity contribution in [3.05, 3.63) is 100 Å². The van der Waals surface area contributed by atoms with Gasteiger partial charge in [-0.05, 0) is 36.1 Å². The van der Waals surface area contributed by atoms with Gasteiger partial charge in [0, 0.05) is 22.3 Å². The van der Waals surface area contributed by atoms with Crippen molar-refractivity contribution in [1.82, 2.24) is 9.97 Å². The van der Waals surface area contributed by atoms with Crippen LogP contribution in [0.25, 0.3) is 6.08 Å². The van der Waals surface area contributed by atoms with E-state index in [-0.39, 0.29) is 5.25 Å². The van der Waals surface area contributed by atoms with Crippen LogP contribution in [0.3, 0.4) is 0 Å². The monoisotopic (exact) mass is 466 g/mol. The van der Waals surface area contributed by atoms with E-state index in [1.807, 2.05) is 54.6 Å². The lowest BCUT2D eigenvalue weighted by atomic mass is 10.0. The topological polar surface area (TPSA) is 66.0 Å². The molecule has 0 aliphatic heterocycles. The highest BCUT2D eigenvalue weighted by Crippen LogP contribution is 2.28. The normalized spacial score (nSPS) is 12.9. The Labute approximate surface area is 198 Å². The maximum atomic E-state index is 11.7. The van der Waals surface area contributed by atoms with E-state index < -0.39 is 5.97 Å². The quantitative estimate of drug-likeness (QED) is 0.184. The molecule has 4 nitrogen and oxygen atoms in total. The van der Waals surface area contributed by atoms with E-state index >= 15 is 0 Å². The number of carboxylic acids is 1. The third-order valence-corrected chi connectivity index (χ3v) is 6.29. The summed E-state index contributed by atoms with van der Waals surface area (Å²) < 4.78 is 0. The van der Waals surface area contributed by atoms with Crippen molar-refractivity contribution < 1.29 is 9.90 Å². The Hall–Kier alpha value is -2.76. The summed E-state index contributed by atoms with van der Waals surface area (Å²) in [5.74, 6) is -0.934. The Morgan fingerprint density at radius 2 is 1.94 bits per heavy atom. The molecule has 3 rings (SSSR count). The van der Waals surface area contributed by atoms with Gasteiger partial charge in [0.05, 0.1) is 11.9 Å². The molecule has 3 aromatic rings. The lowest BCUT2D eigenvalue weighted by Gasteiger charge is -2.12. The molecule has 6 heteroatoms. The van der Waals surface area contributed by atoms with E-state index in [4.69, 9.17) is 11.6 Å². The molecule has 0 saturated heterocycles. The minimum absolute atomic E-state index is 0.160. The molecule has 1 atom stereocenters. The number of aliphatic carboxylic acids is 1. The van der Waals surface area contributed by atoms with Crippen LogP contribution in [0.15, 0.2) is 83.7 Å². The number of hydrogen-bond donors (Lipinski definition) is 2. The van der Waals surface area contributed by atoms with Gasteiger partial charge >= 0.3 is 5.97 Å². The van der Waals surface area contributed by atoms with Crippen LogP contribution in [0.4, 0.5) is 0 Å². The van der Waals surface area contributed by atoms with Gasteiger partial charge in [0.2, 0.25) is 0 Å². The maximum absolute atomic E-state index is 11.7. The predicted molar refractivity (Wildman–Crippen MR) is 133 cm³/mol. The number of aromatic nitrogens is 2. The second-order valence-electron chi connectivity index (χ2n) is 7.45. The number of carboxylic acid groups (broad SMARTS) is 1. The van der Waals surface area contributed by atoms with Gasteiger partial charge in [-0.25, -0.2) is 9.78 Å². The smallest absolute Gasteiger partial charge is 0.331 e. The summed E-state index contributed by atoms with van der Waals surface area (Å²) in [7, 11) is 0. The van der Waals surface area contributed by atoms with Crippen LogP contribution in [0, 0.1) is 0 Å². The van der Waals surface area contributed by atoms with Crippen LogP contribution in [-0.4, -0.2) is 26.3 Å². The predicted octanol–water partition coefficient (Wildman–Crippen LogP) is 6.83. The Balaban J connectivity index is 1.75. The number of thioether (sulfide) groups is 1. The fraction of sp³-hybridized carbons (Fsp3) is 0.231. The standard InChI is InChI=1S/C26H27ClN2O2S/c1-2-3-5-13-23(17-20-12-8-9-14-24(20)27)32-26-28-18-22(29-26)16-21(25(30)31)15-19-10-6-4-7-11-19/h4-14,16,18,23H,2-3,15,17H2,1H3,(H,28,29)(H,30,31). The van der Waals surface area contributed by atoms with E-state index in [0.717, 1.165) is 40.6 Å². The van der Waals surface area contributed by atoms with E-state index in [0.29, 0.717) is 17.7 Å². The van der Waals surface area contributed by atoms with Crippen LogP contribution in [0.1, 0.15) is 36.6 Å². The molecule has 0 aliphatic rings. The van der Waals surface area contributed by atoms with Gasteiger partial charge in [-0.3, -0.25) is 0 Å². The van der Waals surface area contributed by atoms with E-state index in [2.05, 4.69) is 29.0 Å². The lowest BCUT2D eigenvalue weighted by Crippen LogP contribution is -2.05. The maximum Gasteiger partial charge on any atom is 0.331 e. The number of hydrogen-bond acceptors (Lipinski definition) is 3. The first-order chi connectivity index (χ1) is 15.5. The van der Waals surface area contributed by atoms with Gasteiger partial charge in [0.1, 0.15) is 0 Å². The third kappa shape index (κ3) is 7.43. The van der Waals surface area contributed by atoms with E-state index in [9.17, 15) is 9.90 Å². The molecular formula is C26H27ClN2O2S. The highest BCUT2D eigenvalue weighted by atomic mass is 35.5. The van der Waals surface area contributed by atoms with Gasteiger partial charge in [-0.15, -0.1) is 0 Å². The second-order valence-corrected chi connectivity index (χ2v) is 9.08. The molecule has 32 heavy (non-hydrogen) atoms. The molecule has 166 valence electrons. The van der Waals surface area contributed by atoms with Crippen LogP contribution in [0.5, 0.6) is 0 Å². The Morgan fingerprint density at radius 3 is 2.66 bits per heavy atom. The number of allylic oxidation sites excluding steroid dienone is 1. The first kappa shape index (κ1) is 23.9. The zero-order valence-electron chi connectivity index (χ0n) is 18.0. The molecule has 0 fully saturated rings. The molecule has 0 aliphatic carbocycles. The number of unbranched alkanes of at least 4 members (excludes halogenated alkanes) is 1. The second kappa shape index (κ2) is 12.3. The molecule has 0 radical (unpaired) electrons. The number of halogens is 1. The minimum atomic E-state index is -0.934. The molecule has 0 bridgehead atoms. The van der Waals surface area contributed by atoms with Crippen LogP contribution >= 0.6 is 23.4 Å². The summed E-state index contributed by atoms with van der Waals surface area (Å²) in [5.41, 5.74) is 3.04. The summed E-state index contributed by atoms with van der Waals surface area (Å²) >= 11 is 7.98. The number of nitrogens with zero attached hydrogens (tertiary/aromatic N) is 1. The summed E-state index contributed by atoms with van der Waals surface area (Å²) in [6, 6.07) is 17.5. The van der Waals surface area contributed by atoms with Crippen molar-refractivity contribution in [3.8, 4) is 0 Å². The van der Waals surface area contributed by atoms with Crippen LogP contribution < -0.4 is 0 Å². The summed E-state index contributed by atoms with van der Waals surface area (Å²) in [5, 5.41) is 11.3.